The molecule has 202 valence electrons. The van der Waals surface area contributed by atoms with Gasteiger partial charge >= 0.3 is 5.97 Å². The predicted molar refractivity (Wildman–Crippen MR) is 136 cm³/mol. The Bertz CT molecular complexity index is 1830. The lowest BCUT2D eigenvalue weighted by Crippen LogP contribution is -2.20. The maximum absolute atomic E-state index is 15.6. The third-order valence-electron chi connectivity index (χ3n) is 5.56. The number of ether oxygens (including phenoxy) is 2. The van der Waals surface area contributed by atoms with Gasteiger partial charge in [-0.2, -0.15) is 5.26 Å². The Kier molecular flexibility index (Phi) is 7.71. The third kappa shape index (κ3) is 5.76. The number of esters is 1. The quantitative estimate of drug-likeness (QED) is 0.270. The molecule has 0 saturated carbocycles. The molecular formula is C26H20F2N2O7S2. The highest BCUT2D eigenvalue weighted by atomic mass is 32.2. The molecular weight excluding hydrogens is 554 g/mol. The molecule has 0 bridgehead atoms. The van der Waals surface area contributed by atoms with Gasteiger partial charge in [0, 0.05) is 29.3 Å². The normalized spacial score (nSPS) is 11.7. The molecule has 1 heterocycles. The highest BCUT2D eigenvalue weighted by Gasteiger charge is 2.28. The van der Waals surface area contributed by atoms with Gasteiger partial charge in [-0.3, -0.25) is 4.79 Å². The number of rotatable bonds is 9. The molecule has 0 unspecified atom stereocenters. The van der Waals surface area contributed by atoms with Crippen LogP contribution in [0.3, 0.4) is 0 Å². The molecule has 4 rings (SSSR count). The van der Waals surface area contributed by atoms with Crippen LogP contribution in [0.1, 0.15) is 18.1 Å². The van der Waals surface area contributed by atoms with Crippen molar-refractivity contribution in [3.63, 3.8) is 0 Å². The van der Waals surface area contributed by atoms with Crippen LogP contribution in [-0.4, -0.2) is 39.1 Å². The fourth-order valence-electron chi connectivity index (χ4n) is 3.87. The van der Waals surface area contributed by atoms with E-state index in [1.165, 1.54) is 37.3 Å². The standard InChI is InChI=1S/C26H20F2N2O7S2/c1-2-36-25(31)16-38(32,33)15-21-20-10-11-30(39(34,35)19-6-4-3-5-7-19)24(20)13-23(28)26(21)37-18-8-9-22(27)17(12-18)14-29/h3-13H,2,15-16H2,1H3. The lowest BCUT2D eigenvalue weighted by molar-refractivity contribution is -0.139. The lowest BCUT2D eigenvalue weighted by atomic mass is 10.1. The van der Waals surface area contributed by atoms with Gasteiger partial charge in [-0.15, -0.1) is 0 Å². The van der Waals surface area contributed by atoms with Gasteiger partial charge in [-0.05, 0) is 37.3 Å². The van der Waals surface area contributed by atoms with Crippen molar-refractivity contribution in [2.75, 3.05) is 12.4 Å². The van der Waals surface area contributed by atoms with Crippen molar-refractivity contribution in [3.8, 4) is 17.6 Å². The summed E-state index contributed by atoms with van der Waals surface area (Å²) >= 11 is 0. The first-order chi connectivity index (χ1) is 18.5. The average Bonchev–Trinajstić information content (AvgIpc) is 3.31. The average molecular weight is 575 g/mol. The Balaban J connectivity index is 1.91. The van der Waals surface area contributed by atoms with Crippen molar-refractivity contribution in [1.29, 1.82) is 5.26 Å². The van der Waals surface area contributed by atoms with Crippen LogP contribution in [0, 0.1) is 23.0 Å². The largest absolute Gasteiger partial charge is 0.465 e. The minimum atomic E-state index is -4.27. The topological polar surface area (TPSA) is 133 Å². The molecule has 0 saturated heterocycles. The molecule has 0 aliphatic carbocycles. The maximum atomic E-state index is 15.6. The van der Waals surface area contributed by atoms with Crippen molar-refractivity contribution < 1.29 is 39.9 Å². The van der Waals surface area contributed by atoms with Crippen molar-refractivity contribution in [2.45, 2.75) is 17.6 Å². The summed E-state index contributed by atoms with van der Waals surface area (Å²) in [6, 6.07) is 14.1. The molecule has 0 atom stereocenters. The number of carbonyl (C=O) groups is 1. The number of sulfone groups is 1. The molecule has 0 fully saturated rings. The molecule has 0 amide bonds. The molecule has 0 N–H and O–H groups in total. The Morgan fingerprint density at radius 1 is 1.00 bits per heavy atom. The van der Waals surface area contributed by atoms with Crippen molar-refractivity contribution in [3.05, 3.63) is 89.6 Å². The van der Waals surface area contributed by atoms with Crippen LogP contribution in [0.15, 0.2) is 71.8 Å². The molecule has 0 aliphatic rings. The zero-order valence-corrected chi connectivity index (χ0v) is 21.9. The van der Waals surface area contributed by atoms with Gasteiger partial charge in [0.05, 0.1) is 28.3 Å². The number of fused-ring (bicyclic) bond motifs is 1. The van der Waals surface area contributed by atoms with E-state index >= 15 is 4.39 Å². The van der Waals surface area contributed by atoms with E-state index in [2.05, 4.69) is 0 Å². The van der Waals surface area contributed by atoms with E-state index in [9.17, 15) is 26.0 Å². The van der Waals surface area contributed by atoms with Gasteiger partial charge in [-0.1, -0.05) is 18.2 Å². The first-order valence-corrected chi connectivity index (χ1v) is 14.6. The molecule has 0 spiro atoms. The van der Waals surface area contributed by atoms with E-state index in [0.29, 0.717) is 0 Å². The second-order valence-electron chi connectivity index (χ2n) is 8.22. The molecule has 9 nitrogen and oxygen atoms in total. The minimum Gasteiger partial charge on any atom is -0.465 e. The maximum Gasteiger partial charge on any atom is 0.321 e. The summed E-state index contributed by atoms with van der Waals surface area (Å²) in [5, 5.41) is 9.13. The number of hydrogen-bond donors (Lipinski definition) is 0. The number of nitrogens with zero attached hydrogens (tertiary/aromatic N) is 2. The fraction of sp³-hybridized carbons (Fsp3) is 0.154. The number of aromatic nitrogens is 1. The summed E-state index contributed by atoms with van der Waals surface area (Å²) in [5.74, 6) is -5.70. The van der Waals surface area contributed by atoms with E-state index in [1.54, 1.807) is 12.1 Å². The molecule has 39 heavy (non-hydrogen) atoms. The SMILES string of the molecule is CCOC(=O)CS(=O)(=O)Cc1c(Oc2ccc(F)c(C#N)c2)c(F)cc2c1ccn2S(=O)(=O)c1ccccc1. The van der Waals surface area contributed by atoms with E-state index in [0.717, 1.165) is 34.4 Å². The monoisotopic (exact) mass is 574 g/mol. The van der Waals surface area contributed by atoms with Crippen LogP contribution in [0.5, 0.6) is 11.5 Å². The first-order valence-electron chi connectivity index (χ1n) is 11.3. The molecule has 1 aromatic heterocycles. The van der Waals surface area contributed by atoms with Crippen LogP contribution in [0.2, 0.25) is 0 Å². The second-order valence-corrected chi connectivity index (χ2v) is 12.1. The smallest absolute Gasteiger partial charge is 0.321 e. The van der Waals surface area contributed by atoms with E-state index in [-0.39, 0.29) is 33.7 Å². The van der Waals surface area contributed by atoms with Crippen molar-refractivity contribution >= 4 is 36.7 Å². The second kappa shape index (κ2) is 10.8. The van der Waals surface area contributed by atoms with Crippen molar-refractivity contribution in [2.24, 2.45) is 0 Å². The Morgan fingerprint density at radius 2 is 1.72 bits per heavy atom. The van der Waals surface area contributed by atoms with Crippen LogP contribution >= 0.6 is 0 Å². The molecule has 4 aromatic rings. The van der Waals surface area contributed by atoms with Crippen LogP contribution in [0.25, 0.3) is 10.9 Å². The highest BCUT2D eigenvalue weighted by Crippen LogP contribution is 2.38. The summed E-state index contributed by atoms with van der Waals surface area (Å²) < 4.78 is 92.9. The molecule has 0 radical (unpaired) electrons. The van der Waals surface area contributed by atoms with E-state index < -0.39 is 60.3 Å². The first kappa shape index (κ1) is 27.7. The summed E-state index contributed by atoms with van der Waals surface area (Å²) in [7, 11) is -8.47. The third-order valence-corrected chi connectivity index (χ3v) is 8.66. The number of nitriles is 1. The molecule has 0 aliphatic heterocycles. The van der Waals surface area contributed by atoms with Gasteiger partial charge in [0.2, 0.25) is 0 Å². The number of benzene rings is 3. The zero-order valence-electron chi connectivity index (χ0n) is 20.3. The Hall–Kier alpha value is -4.28. The summed E-state index contributed by atoms with van der Waals surface area (Å²) in [6.45, 7) is 1.44. The van der Waals surface area contributed by atoms with Gasteiger partial charge in [0.15, 0.2) is 21.4 Å². The van der Waals surface area contributed by atoms with E-state index in [1.807, 2.05) is 0 Å². The van der Waals surface area contributed by atoms with Gasteiger partial charge in [-0.25, -0.2) is 29.6 Å². The van der Waals surface area contributed by atoms with Gasteiger partial charge in [0.25, 0.3) is 10.0 Å². The predicted octanol–water partition coefficient (Wildman–Crippen LogP) is 4.30. The zero-order chi connectivity index (χ0) is 28.4. The highest BCUT2D eigenvalue weighted by molar-refractivity contribution is 7.91. The Morgan fingerprint density at radius 3 is 2.38 bits per heavy atom. The summed E-state index contributed by atoms with van der Waals surface area (Å²) in [5.41, 5.74) is -0.855. The van der Waals surface area contributed by atoms with Gasteiger partial charge in [0.1, 0.15) is 23.4 Å². The summed E-state index contributed by atoms with van der Waals surface area (Å²) in [4.78, 5) is 11.8. The minimum absolute atomic E-state index is 0.0148. The molecule has 3 aromatic carbocycles. The number of hydrogen-bond acceptors (Lipinski definition) is 8. The summed E-state index contributed by atoms with van der Waals surface area (Å²) in [6.07, 6.45) is 1.14. The lowest BCUT2D eigenvalue weighted by Gasteiger charge is -2.15. The van der Waals surface area contributed by atoms with Crippen LogP contribution in [0.4, 0.5) is 8.78 Å². The number of carbonyl (C=O) groups excluding carboxylic acids is 1. The van der Waals surface area contributed by atoms with Crippen LogP contribution in [-0.2, 0) is 35.1 Å². The van der Waals surface area contributed by atoms with Gasteiger partial charge < -0.3 is 9.47 Å². The van der Waals surface area contributed by atoms with E-state index in [4.69, 9.17) is 14.7 Å². The fourth-order valence-corrected chi connectivity index (χ4v) is 6.50. The van der Waals surface area contributed by atoms with Crippen LogP contribution < -0.4 is 4.74 Å². The Labute approximate surface area is 222 Å². The molecule has 13 heteroatoms. The van der Waals surface area contributed by atoms with Crippen molar-refractivity contribution in [1.82, 2.24) is 3.97 Å². The number of halogens is 2.